The Labute approximate surface area is 123 Å². The van der Waals surface area contributed by atoms with Crippen LogP contribution in [-0.2, 0) is 24.4 Å². The molecule has 0 spiro atoms. The molecule has 21 heavy (non-hydrogen) atoms. The van der Waals surface area contributed by atoms with E-state index in [0.29, 0.717) is 13.2 Å². The van der Waals surface area contributed by atoms with Crippen LogP contribution in [0.5, 0.6) is 0 Å². The van der Waals surface area contributed by atoms with Crippen LogP contribution < -0.4 is 11.3 Å². The molecule has 3 rings (SSSR count). The lowest BCUT2D eigenvalue weighted by atomic mass is 9.94. The fourth-order valence-corrected chi connectivity index (χ4v) is 2.79. The van der Waals surface area contributed by atoms with E-state index in [-0.39, 0.29) is 11.9 Å². The Hall–Kier alpha value is -1.75. The molecule has 0 aromatic heterocycles. The Morgan fingerprint density at radius 1 is 1.19 bits per heavy atom. The highest BCUT2D eigenvalue weighted by atomic mass is 19.1. The highest BCUT2D eigenvalue weighted by molar-refractivity contribution is 5.36. The van der Waals surface area contributed by atoms with Crippen LogP contribution in [0, 0.1) is 12.7 Å². The Morgan fingerprint density at radius 3 is 2.76 bits per heavy atom. The molecule has 1 aliphatic heterocycles. The molecule has 2 aromatic rings. The lowest BCUT2D eigenvalue weighted by molar-refractivity contribution is 0.134. The number of ether oxygens (including phenoxy) is 1. The molecule has 4 heteroatoms. The minimum atomic E-state index is -0.205. The van der Waals surface area contributed by atoms with E-state index >= 15 is 0 Å². The van der Waals surface area contributed by atoms with Gasteiger partial charge in [0.1, 0.15) is 5.82 Å². The fourth-order valence-electron chi connectivity index (χ4n) is 2.79. The monoisotopic (exact) mass is 286 g/mol. The van der Waals surface area contributed by atoms with Crippen molar-refractivity contribution < 1.29 is 9.13 Å². The van der Waals surface area contributed by atoms with Gasteiger partial charge in [0.05, 0.1) is 19.3 Å². The SMILES string of the molecule is Cc1cc(F)ccc1CC(NN)c1ccc2c(c1)COC2. The van der Waals surface area contributed by atoms with Gasteiger partial charge < -0.3 is 4.74 Å². The third-order valence-electron chi connectivity index (χ3n) is 4.08. The van der Waals surface area contributed by atoms with Crippen molar-refractivity contribution in [1.82, 2.24) is 5.43 Å². The molecule has 0 fully saturated rings. The molecule has 0 bridgehead atoms. The van der Waals surface area contributed by atoms with Crippen molar-refractivity contribution in [2.45, 2.75) is 32.6 Å². The molecule has 110 valence electrons. The van der Waals surface area contributed by atoms with Crippen LogP contribution in [0.15, 0.2) is 36.4 Å². The highest BCUT2D eigenvalue weighted by Crippen LogP contribution is 2.26. The smallest absolute Gasteiger partial charge is 0.123 e. The maximum Gasteiger partial charge on any atom is 0.123 e. The van der Waals surface area contributed by atoms with Crippen molar-refractivity contribution >= 4 is 0 Å². The van der Waals surface area contributed by atoms with Crippen molar-refractivity contribution in [3.05, 3.63) is 70.0 Å². The highest BCUT2D eigenvalue weighted by Gasteiger charge is 2.16. The molecule has 1 unspecified atom stereocenters. The predicted molar refractivity (Wildman–Crippen MR) is 79.8 cm³/mol. The van der Waals surface area contributed by atoms with Crippen molar-refractivity contribution in [3.8, 4) is 0 Å². The maximum atomic E-state index is 13.2. The first-order valence-corrected chi connectivity index (χ1v) is 7.08. The second-order valence-electron chi connectivity index (χ2n) is 5.52. The third kappa shape index (κ3) is 2.97. The van der Waals surface area contributed by atoms with E-state index in [1.54, 1.807) is 6.07 Å². The average molecular weight is 286 g/mol. The zero-order valence-corrected chi connectivity index (χ0v) is 12.0. The van der Waals surface area contributed by atoms with Gasteiger partial charge in [-0.25, -0.2) is 4.39 Å². The fraction of sp³-hybridized carbons (Fsp3) is 0.294. The maximum absolute atomic E-state index is 13.2. The van der Waals surface area contributed by atoms with Gasteiger partial charge in [-0.1, -0.05) is 24.3 Å². The normalized spacial score (nSPS) is 15.0. The van der Waals surface area contributed by atoms with Gasteiger partial charge in [0.25, 0.3) is 0 Å². The molecular formula is C17H19FN2O. The number of halogens is 1. The molecule has 0 amide bonds. The molecule has 1 aliphatic rings. The molecule has 2 aromatic carbocycles. The molecule has 0 aliphatic carbocycles. The van der Waals surface area contributed by atoms with Gasteiger partial charge in [-0.2, -0.15) is 0 Å². The van der Waals surface area contributed by atoms with Crippen molar-refractivity contribution in [2.75, 3.05) is 0 Å². The summed E-state index contributed by atoms with van der Waals surface area (Å²) in [5.74, 6) is 5.52. The summed E-state index contributed by atoms with van der Waals surface area (Å²) in [7, 11) is 0. The molecular weight excluding hydrogens is 267 g/mol. The number of hydrogen-bond acceptors (Lipinski definition) is 3. The third-order valence-corrected chi connectivity index (χ3v) is 4.08. The van der Waals surface area contributed by atoms with Crippen LogP contribution in [0.25, 0.3) is 0 Å². The van der Waals surface area contributed by atoms with E-state index in [4.69, 9.17) is 10.6 Å². The van der Waals surface area contributed by atoms with Crippen molar-refractivity contribution in [1.29, 1.82) is 0 Å². The zero-order valence-electron chi connectivity index (χ0n) is 12.0. The Balaban J connectivity index is 1.85. The second-order valence-corrected chi connectivity index (χ2v) is 5.52. The standard InChI is InChI=1S/C17H19FN2O/c1-11-6-16(18)5-4-12(11)8-17(20-19)13-2-3-14-9-21-10-15(14)7-13/h2-7,17,20H,8-10,19H2,1H3. The van der Waals surface area contributed by atoms with E-state index in [0.717, 1.165) is 23.1 Å². The number of rotatable bonds is 4. The van der Waals surface area contributed by atoms with Gasteiger partial charge in [0, 0.05) is 0 Å². The quantitative estimate of drug-likeness (QED) is 0.671. The molecule has 1 atom stereocenters. The number of hydrogen-bond donors (Lipinski definition) is 2. The van der Waals surface area contributed by atoms with Gasteiger partial charge >= 0.3 is 0 Å². The second kappa shape index (κ2) is 5.93. The molecule has 1 heterocycles. The first-order chi connectivity index (χ1) is 10.2. The summed E-state index contributed by atoms with van der Waals surface area (Å²) in [6.07, 6.45) is 0.724. The Kier molecular flexibility index (Phi) is 4.01. The Morgan fingerprint density at radius 2 is 2.00 bits per heavy atom. The van der Waals surface area contributed by atoms with E-state index in [2.05, 4.69) is 23.6 Å². The lowest BCUT2D eigenvalue weighted by Crippen LogP contribution is -2.29. The first kappa shape index (κ1) is 14.2. The topological polar surface area (TPSA) is 47.3 Å². The summed E-state index contributed by atoms with van der Waals surface area (Å²) < 4.78 is 18.6. The number of hydrazine groups is 1. The van der Waals surface area contributed by atoms with Crippen molar-refractivity contribution in [2.24, 2.45) is 5.84 Å². The zero-order chi connectivity index (χ0) is 14.8. The Bertz CT molecular complexity index is 657. The van der Waals surface area contributed by atoms with Crippen LogP contribution in [0.2, 0.25) is 0 Å². The minimum absolute atomic E-state index is 0.0000567. The summed E-state index contributed by atoms with van der Waals surface area (Å²) >= 11 is 0. The summed E-state index contributed by atoms with van der Waals surface area (Å²) in [6, 6.07) is 11.2. The van der Waals surface area contributed by atoms with Crippen LogP contribution in [0.1, 0.15) is 33.9 Å². The summed E-state index contributed by atoms with van der Waals surface area (Å²) in [5.41, 5.74) is 8.50. The first-order valence-electron chi connectivity index (χ1n) is 7.08. The van der Waals surface area contributed by atoms with Crippen molar-refractivity contribution in [3.63, 3.8) is 0 Å². The van der Waals surface area contributed by atoms with Crippen LogP contribution >= 0.6 is 0 Å². The van der Waals surface area contributed by atoms with Gasteiger partial charge in [-0.15, -0.1) is 0 Å². The largest absolute Gasteiger partial charge is 0.372 e. The molecule has 0 radical (unpaired) electrons. The molecule has 0 saturated heterocycles. The average Bonchev–Trinajstić information content (AvgIpc) is 2.94. The molecule has 3 nitrogen and oxygen atoms in total. The van der Waals surface area contributed by atoms with Crippen LogP contribution in [-0.4, -0.2) is 0 Å². The number of nitrogens with one attached hydrogen (secondary N) is 1. The number of fused-ring (bicyclic) bond motifs is 1. The molecule has 3 N–H and O–H groups in total. The number of aryl methyl sites for hydroxylation is 1. The number of benzene rings is 2. The van der Waals surface area contributed by atoms with E-state index < -0.39 is 0 Å². The molecule has 0 saturated carbocycles. The van der Waals surface area contributed by atoms with E-state index in [1.165, 1.54) is 17.2 Å². The number of nitrogens with two attached hydrogens (primary N) is 1. The minimum Gasteiger partial charge on any atom is -0.372 e. The van der Waals surface area contributed by atoms with Gasteiger partial charge in [-0.05, 0) is 53.3 Å². The van der Waals surface area contributed by atoms with Crippen LogP contribution in [0.4, 0.5) is 4.39 Å². The van der Waals surface area contributed by atoms with E-state index in [1.807, 2.05) is 13.0 Å². The van der Waals surface area contributed by atoms with Gasteiger partial charge in [0.15, 0.2) is 0 Å². The predicted octanol–water partition coefficient (Wildman–Crippen LogP) is 2.91. The summed E-state index contributed by atoms with van der Waals surface area (Å²) in [6.45, 7) is 3.27. The summed E-state index contributed by atoms with van der Waals surface area (Å²) in [5, 5.41) is 0. The van der Waals surface area contributed by atoms with Gasteiger partial charge in [-0.3, -0.25) is 11.3 Å². The van der Waals surface area contributed by atoms with Gasteiger partial charge in [0.2, 0.25) is 0 Å². The van der Waals surface area contributed by atoms with Crippen LogP contribution in [0.3, 0.4) is 0 Å². The lowest BCUT2D eigenvalue weighted by Gasteiger charge is -2.18. The summed E-state index contributed by atoms with van der Waals surface area (Å²) in [4.78, 5) is 0. The van der Waals surface area contributed by atoms with E-state index in [9.17, 15) is 4.39 Å².